The molecule has 4 aliphatic rings. The van der Waals surface area contributed by atoms with Crippen molar-refractivity contribution in [3.8, 4) is 0 Å². The molecule has 162 valence electrons. The van der Waals surface area contributed by atoms with E-state index in [1.165, 1.54) is 12.7 Å². The Morgan fingerprint density at radius 1 is 1.17 bits per heavy atom. The molecule has 4 aliphatic carbocycles. The van der Waals surface area contributed by atoms with Gasteiger partial charge in [-0.05, 0) is 79.6 Å². The molecule has 0 aromatic carbocycles. The summed E-state index contributed by atoms with van der Waals surface area (Å²) in [7, 11) is 3.14. The predicted molar refractivity (Wildman–Crippen MR) is 113 cm³/mol. The Bertz CT molecular complexity index is 732. The van der Waals surface area contributed by atoms with Crippen LogP contribution in [0.15, 0.2) is 22.0 Å². The summed E-state index contributed by atoms with van der Waals surface area (Å²) in [4.78, 5) is 10.0. The van der Waals surface area contributed by atoms with Crippen molar-refractivity contribution in [1.29, 1.82) is 0 Å². The molecule has 7 atom stereocenters. The molecule has 3 fully saturated rings. The fraction of sp³-hybridized carbons (Fsp3) is 0.826. The maximum absolute atomic E-state index is 11.5. The molecular formula is C23H36N2O4. The summed E-state index contributed by atoms with van der Waals surface area (Å²) >= 11 is 0. The first-order chi connectivity index (χ1) is 13.9. The maximum atomic E-state index is 11.5. The van der Waals surface area contributed by atoms with E-state index >= 15 is 0 Å². The van der Waals surface area contributed by atoms with Crippen molar-refractivity contribution in [3.63, 3.8) is 0 Å². The van der Waals surface area contributed by atoms with Crippen LogP contribution in [0.1, 0.15) is 58.8 Å². The van der Waals surface area contributed by atoms with Crippen LogP contribution in [0.3, 0.4) is 0 Å². The zero-order valence-corrected chi connectivity index (χ0v) is 18.2. The largest absolute Gasteiger partial charge is 0.399 e. The van der Waals surface area contributed by atoms with Crippen LogP contribution in [-0.2, 0) is 9.68 Å². The molecule has 6 nitrogen and oxygen atoms in total. The van der Waals surface area contributed by atoms with Gasteiger partial charge in [0.2, 0.25) is 0 Å². The quantitative estimate of drug-likeness (QED) is 0.555. The number of oxime groups is 2. The Kier molecular flexibility index (Phi) is 5.53. The highest BCUT2D eigenvalue weighted by molar-refractivity contribution is 5.96. The van der Waals surface area contributed by atoms with Gasteiger partial charge in [-0.15, -0.1) is 0 Å². The highest BCUT2D eigenvalue weighted by Crippen LogP contribution is 2.66. The van der Waals surface area contributed by atoms with Gasteiger partial charge in [-0.25, -0.2) is 0 Å². The third kappa shape index (κ3) is 3.14. The average Bonchev–Trinajstić information content (AvgIpc) is 3.02. The standard InChI is InChI=1S/C23H36N2O4/c1-22-10-9-15(24-28-3)11-14(22)5-6-16-17-7-8-18(19(13-26)25-29-4)23(17,2)12-20(27)21(16)22/h11,16-18,20-21,26-27H,5-10,12-13H2,1-4H3/b24-15+,25-19+. The van der Waals surface area contributed by atoms with Crippen molar-refractivity contribution in [2.45, 2.75) is 64.9 Å². The van der Waals surface area contributed by atoms with E-state index < -0.39 is 0 Å². The normalized spacial score (nSPS) is 45.9. The van der Waals surface area contributed by atoms with Gasteiger partial charge in [0.05, 0.1) is 24.1 Å². The maximum Gasteiger partial charge on any atom is 0.106 e. The monoisotopic (exact) mass is 404 g/mol. The second kappa shape index (κ2) is 7.69. The van der Waals surface area contributed by atoms with Crippen LogP contribution in [0.2, 0.25) is 0 Å². The molecule has 0 saturated heterocycles. The molecule has 2 N–H and O–H groups in total. The summed E-state index contributed by atoms with van der Waals surface area (Å²) in [6.07, 6.45) is 8.95. The summed E-state index contributed by atoms with van der Waals surface area (Å²) in [5, 5.41) is 29.7. The van der Waals surface area contributed by atoms with Crippen molar-refractivity contribution >= 4 is 11.4 Å². The first-order valence-electron chi connectivity index (χ1n) is 11.1. The van der Waals surface area contributed by atoms with E-state index in [4.69, 9.17) is 9.68 Å². The number of nitrogens with zero attached hydrogens (tertiary/aromatic N) is 2. The van der Waals surface area contributed by atoms with Gasteiger partial charge in [0.15, 0.2) is 0 Å². The summed E-state index contributed by atoms with van der Waals surface area (Å²) in [5.74, 6) is 1.55. The van der Waals surface area contributed by atoms with Gasteiger partial charge in [0.25, 0.3) is 0 Å². The Balaban J connectivity index is 1.66. The predicted octanol–water partition coefficient (Wildman–Crippen LogP) is 3.53. The molecule has 0 heterocycles. The minimum Gasteiger partial charge on any atom is -0.399 e. The third-order valence-corrected chi connectivity index (χ3v) is 8.89. The molecule has 0 spiro atoms. The number of aliphatic hydroxyl groups is 2. The van der Waals surface area contributed by atoms with Gasteiger partial charge >= 0.3 is 0 Å². The Morgan fingerprint density at radius 2 is 1.97 bits per heavy atom. The molecular weight excluding hydrogens is 368 g/mol. The van der Waals surface area contributed by atoms with E-state index in [-0.39, 0.29) is 29.5 Å². The van der Waals surface area contributed by atoms with E-state index in [2.05, 4.69) is 30.2 Å². The summed E-state index contributed by atoms with van der Waals surface area (Å²) in [5.41, 5.74) is 3.21. The molecule has 6 heteroatoms. The second-order valence-corrected chi connectivity index (χ2v) is 10.0. The van der Waals surface area contributed by atoms with Gasteiger partial charge in [-0.3, -0.25) is 0 Å². The van der Waals surface area contributed by atoms with E-state index in [1.54, 1.807) is 7.11 Å². The van der Waals surface area contributed by atoms with Crippen molar-refractivity contribution in [2.75, 3.05) is 20.8 Å². The van der Waals surface area contributed by atoms with E-state index in [1.807, 2.05) is 0 Å². The lowest BCUT2D eigenvalue weighted by atomic mass is 9.46. The zero-order chi connectivity index (χ0) is 20.8. The van der Waals surface area contributed by atoms with E-state index in [9.17, 15) is 10.2 Å². The number of rotatable bonds is 4. The smallest absolute Gasteiger partial charge is 0.106 e. The summed E-state index contributed by atoms with van der Waals surface area (Å²) in [6.45, 7) is 4.60. The lowest BCUT2D eigenvalue weighted by molar-refractivity contribution is -0.121. The lowest BCUT2D eigenvalue weighted by Crippen LogP contribution is -2.57. The van der Waals surface area contributed by atoms with Crippen molar-refractivity contribution < 1.29 is 19.9 Å². The molecule has 7 unspecified atom stereocenters. The van der Waals surface area contributed by atoms with E-state index in [0.717, 1.165) is 56.4 Å². The van der Waals surface area contributed by atoms with Gasteiger partial charge < -0.3 is 19.9 Å². The minimum absolute atomic E-state index is 0.0322. The Labute approximate surface area is 174 Å². The van der Waals surface area contributed by atoms with Crippen molar-refractivity contribution in [2.24, 2.45) is 44.8 Å². The number of allylic oxidation sites excluding steroid dienone is 2. The highest BCUT2D eigenvalue weighted by Gasteiger charge is 2.62. The molecule has 0 amide bonds. The average molecular weight is 405 g/mol. The molecule has 0 aliphatic heterocycles. The zero-order valence-electron chi connectivity index (χ0n) is 18.2. The molecule has 0 aromatic heterocycles. The molecule has 3 saturated carbocycles. The second-order valence-electron chi connectivity index (χ2n) is 10.0. The minimum atomic E-state index is -0.334. The molecule has 4 rings (SSSR count). The van der Waals surface area contributed by atoms with Crippen LogP contribution in [0.4, 0.5) is 0 Å². The fourth-order valence-electron chi connectivity index (χ4n) is 7.76. The van der Waals surface area contributed by atoms with E-state index in [0.29, 0.717) is 17.8 Å². The van der Waals surface area contributed by atoms with Gasteiger partial charge in [0.1, 0.15) is 14.2 Å². The fourth-order valence-corrected chi connectivity index (χ4v) is 7.76. The Hall–Kier alpha value is -1.40. The molecule has 29 heavy (non-hydrogen) atoms. The van der Waals surface area contributed by atoms with Gasteiger partial charge in [-0.1, -0.05) is 29.7 Å². The van der Waals surface area contributed by atoms with Gasteiger partial charge in [0, 0.05) is 5.92 Å². The van der Waals surface area contributed by atoms with Crippen LogP contribution >= 0.6 is 0 Å². The lowest BCUT2D eigenvalue weighted by Gasteiger charge is -2.60. The van der Waals surface area contributed by atoms with Crippen molar-refractivity contribution in [1.82, 2.24) is 0 Å². The number of aliphatic hydroxyl groups excluding tert-OH is 2. The summed E-state index contributed by atoms with van der Waals surface area (Å²) < 4.78 is 0. The number of hydrogen-bond donors (Lipinski definition) is 2. The van der Waals surface area contributed by atoms with Crippen LogP contribution < -0.4 is 0 Å². The molecule has 0 radical (unpaired) electrons. The van der Waals surface area contributed by atoms with Crippen molar-refractivity contribution in [3.05, 3.63) is 11.6 Å². The molecule has 0 bridgehead atoms. The number of fused-ring (bicyclic) bond motifs is 5. The Morgan fingerprint density at radius 3 is 2.66 bits per heavy atom. The van der Waals surface area contributed by atoms with Crippen LogP contribution in [0, 0.1) is 34.5 Å². The first kappa shape index (κ1) is 20.9. The van der Waals surface area contributed by atoms with Gasteiger partial charge in [-0.2, -0.15) is 0 Å². The SMILES string of the molecule is CO/N=C(\CO)C1CCC2C3CCC4=C/C(=N/OC)CCC4(C)C3C(O)CC12C. The van der Waals surface area contributed by atoms with Crippen LogP contribution in [0.25, 0.3) is 0 Å². The first-order valence-corrected chi connectivity index (χ1v) is 11.1. The molecule has 0 aromatic rings. The topological polar surface area (TPSA) is 83.6 Å². The third-order valence-electron chi connectivity index (χ3n) is 8.89. The van der Waals surface area contributed by atoms with Crippen LogP contribution in [-0.4, -0.2) is 48.6 Å². The number of hydrogen-bond acceptors (Lipinski definition) is 6. The van der Waals surface area contributed by atoms with Crippen LogP contribution in [0.5, 0.6) is 0 Å². The highest BCUT2D eigenvalue weighted by atomic mass is 16.6. The summed E-state index contributed by atoms with van der Waals surface area (Å²) in [6, 6.07) is 0.